The molecule has 1 unspecified atom stereocenters. The van der Waals surface area contributed by atoms with E-state index in [4.69, 9.17) is 15.2 Å². The summed E-state index contributed by atoms with van der Waals surface area (Å²) in [4.78, 5) is 34.3. The number of amides is 1. The van der Waals surface area contributed by atoms with Crippen LogP contribution in [0.1, 0.15) is 31.1 Å². The molecule has 0 saturated heterocycles. The number of carbonyl (C=O) groups is 3. The van der Waals surface area contributed by atoms with Gasteiger partial charge in [0, 0.05) is 0 Å². The number of carboxylic acids is 1. The van der Waals surface area contributed by atoms with Crippen molar-refractivity contribution < 1.29 is 33.7 Å². The molecule has 1 atom stereocenters. The van der Waals surface area contributed by atoms with E-state index in [1.807, 2.05) is 0 Å². The Balaban J connectivity index is 2.73. The van der Waals surface area contributed by atoms with Crippen molar-refractivity contribution in [2.24, 2.45) is 0 Å². The van der Waals surface area contributed by atoms with Gasteiger partial charge in [0.15, 0.2) is 6.04 Å². The maximum atomic E-state index is 11.7. The van der Waals surface area contributed by atoms with Gasteiger partial charge in [-0.25, -0.2) is 14.4 Å². The van der Waals surface area contributed by atoms with E-state index in [1.165, 1.54) is 25.3 Å². The predicted molar refractivity (Wildman–Crippen MR) is 88.5 cm³/mol. The van der Waals surface area contributed by atoms with E-state index in [9.17, 15) is 19.5 Å². The lowest BCUT2D eigenvalue weighted by Gasteiger charge is -2.22. The van der Waals surface area contributed by atoms with Gasteiger partial charge in [0.25, 0.3) is 0 Å². The lowest BCUT2D eigenvalue weighted by atomic mass is 10.2. The molecule has 0 aliphatic rings. The van der Waals surface area contributed by atoms with Gasteiger partial charge in [-0.2, -0.15) is 0 Å². The van der Waals surface area contributed by atoms with Crippen molar-refractivity contribution in [2.45, 2.75) is 32.4 Å². The number of nitrogens with two attached hydrogens (primary N) is 1. The molecular formula is C16H22N2O7. The molecule has 25 heavy (non-hydrogen) atoms. The van der Waals surface area contributed by atoms with Crippen LogP contribution >= 0.6 is 0 Å². The summed E-state index contributed by atoms with van der Waals surface area (Å²) in [6.45, 7) is 4.59. The number of hydrogen-bond donors (Lipinski definition) is 3. The van der Waals surface area contributed by atoms with E-state index < -0.39 is 29.7 Å². The van der Waals surface area contributed by atoms with Crippen molar-refractivity contribution in [1.29, 1.82) is 0 Å². The van der Waals surface area contributed by atoms with Crippen molar-refractivity contribution in [2.75, 3.05) is 19.5 Å². The summed E-state index contributed by atoms with van der Waals surface area (Å²) in [5.41, 5.74) is 5.37. The number of carboxylic acid groups (broad SMARTS) is 1. The highest BCUT2D eigenvalue weighted by Crippen LogP contribution is 2.23. The molecule has 0 aromatic heterocycles. The monoisotopic (exact) mass is 354 g/mol. The van der Waals surface area contributed by atoms with Crippen molar-refractivity contribution >= 4 is 23.7 Å². The Morgan fingerprint density at radius 3 is 2.40 bits per heavy atom. The quantitative estimate of drug-likeness (QED) is 0.515. The summed E-state index contributed by atoms with van der Waals surface area (Å²) < 4.78 is 14.9. The van der Waals surface area contributed by atoms with Crippen LogP contribution in [0.25, 0.3) is 0 Å². The third-order valence-corrected chi connectivity index (χ3v) is 2.83. The van der Waals surface area contributed by atoms with Crippen LogP contribution in [0.4, 0.5) is 10.5 Å². The number of anilines is 1. The lowest BCUT2D eigenvalue weighted by molar-refractivity contribution is -0.140. The summed E-state index contributed by atoms with van der Waals surface area (Å²) >= 11 is 0. The number of benzene rings is 1. The summed E-state index contributed by atoms with van der Waals surface area (Å²) in [5.74, 6) is -1.69. The molecule has 1 aromatic carbocycles. The first-order valence-electron chi connectivity index (χ1n) is 7.36. The van der Waals surface area contributed by atoms with Crippen LogP contribution in [0.2, 0.25) is 0 Å². The third-order valence-electron chi connectivity index (χ3n) is 2.83. The molecule has 0 aliphatic carbocycles. The number of methoxy groups -OCH3 is 1. The molecule has 0 radical (unpaired) electrons. The highest BCUT2D eigenvalue weighted by Gasteiger charge is 2.25. The Hall–Kier alpha value is -2.97. The minimum Gasteiger partial charge on any atom is -0.489 e. The van der Waals surface area contributed by atoms with Crippen molar-refractivity contribution in [3.63, 3.8) is 0 Å². The van der Waals surface area contributed by atoms with E-state index in [2.05, 4.69) is 10.1 Å². The number of ether oxygens (including phenoxy) is 3. The molecule has 0 aliphatic heterocycles. The Morgan fingerprint density at radius 2 is 1.92 bits per heavy atom. The Kier molecular flexibility index (Phi) is 6.60. The van der Waals surface area contributed by atoms with Crippen LogP contribution in [-0.4, -0.2) is 48.5 Å². The molecule has 0 heterocycles. The largest absolute Gasteiger partial charge is 0.489 e. The van der Waals surface area contributed by atoms with Crippen LogP contribution in [0.5, 0.6) is 5.75 Å². The van der Waals surface area contributed by atoms with Crippen molar-refractivity contribution in [1.82, 2.24) is 5.32 Å². The number of esters is 1. The molecule has 0 bridgehead atoms. The van der Waals surface area contributed by atoms with E-state index in [1.54, 1.807) is 20.8 Å². The number of rotatable bonds is 6. The topological polar surface area (TPSA) is 137 Å². The zero-order valence-corrected chi connectivity index (χ0v) is 14.5. The third kappa shape index (κ3) is 6.58. The van der Waals surface area contributed by atoms with E-state index in [0.29, 0.717) is 0 Å². The average Bonchev–Trinajstić information content (AvgIpc) is 2.49. The maximum absolute atomic E-state index is 11.7. The minimum absolute atomic E-state index is 0.129. The van der Waals surface area contributed by atoms with Gasteiger partial charge in [0.1, 0.15) is 18.0 Å². The summed E-state index contributed by atoms with van der Waals surface area (Å²) in [6, 6.07) is 2.84. The Morgan fingerprint density at radius 1 is 1.28 bits per heavy atom. The van der Waals surface area contributed by atoms with Crippen molar-refractivity contribution in [3.8, 4) is 5.75 Å². The highest BCUT2D eigenvalue weighted by atomic mass is 16.6. The number of alkyl carbamates (subject to hydrolysis) is 1. The number of carbonyl (C=O) groups excluding carboxylic acids is 2. The summed E-state index contributed by atoms with van der Waals surface area (Å²) in [6.07, 6.45) is -0.877. The van der Waals surface area contributed by atoms with Crippen LogP contribution in [0.3, 0.4) is 0 Å². The standard InChI is InChI=1S/C16H22N2O7/c1-16(2,3)25-15(22)18-11(13(19)20)8-24-12-6-5-9(7-10(12)17)14(21)23-4/h5-7,11H,8,17H2,1-4H3,(H,18,22)(H,19,20). The molecule has 4 N–H and O–H groups in total. The summed E-state index contributed by atoms with van der Waals surface area (Å²) in [5, 5.41) is 11.4. The van der Waals surface area contributed by atoms with Gasteiger partial charge in [-0.3, -0.25) is 0 Å². The molecule has 1 rings (SSSR count). The number of hydrogen-bond acceptors (Lipinski definition) is 7. The number of aliphatic carboxylic acids is 1. The van der Waals surface area contributed by atoms with Gasteiger partial charge in [-0.15, -0.1) is 0 Å². The second-order valence-electron chi connectivity index (χ2n) is 6.09. The fourth-order valence-corrected chi connectivity index (χ4v) is 1.72. The van der Waals surface area contributed by atoms with Crippen LogP contribution in [-0.2, 0) is 14.3 Å². The van der Waals surface area contributed by atoms with Gasteiger partial charge in [0.05, 0.1) is 18.4 Å². The summed E-state index contributed by atoms with van der Waals surface area (Å²) in [7, 11) is 1.24. The van der Waals surface area contributed by atoms with Crippen molar-refractivity contribution in [3.05, 3.63) is 23.8 Å². The number of nitrogens with one attached hydrogen (secondary N) is 1. The van der Waals surface area contributed by atoms with Gasteiger partial charge in [0.2, 0.25) is 0 Å². The molecule has 1 aromatic rings. The second kappa shape index (κ2) is 8.22. The zero-order valence-electron chi connectivity index (χ0n) is 14.5. The first-order chi connectivity index (χ1) is 11.5. The number of nitrogen functional groups attached to an aromatic ring is 1. The molecule has 138 valence electrons. The second-order valence-corrected chi connectivity index (χ2v) is 6.09. The van der Waals surface area contributed by atoms with Gasteiger partial charge in [-0.1, -0.05) is 0 Å². The zero-order chi connectivity index (χ0) is 19.2. The molecule has 0 saturated carbocycles. The molecule has 9 heteroatoms. The van der Waals surface area contributed by atoms with E-state index in [0.717, 1.165) is 0 Å². The molecule has 9 nitrogen and oxygen atoms in total. The SMILES string of the molecule is COC(=O)c1ccc(OCC(NC(=O)OC(C)(C)C)C(=O)O)c(N)c1. The lowest BCUT2D eigenvalue weighted by Crippen LogP contribution is -2.46. The normalized spacial score (nSPS) is 12.0. The Bertz CT molecular complexity index is 652. The molecular weight excluding hydrogens is 332 g/mol. The fourth-order valence-electron chi connectivity index (χ4n) is 1.72. The smallest absolute Gasteiger partial charge is 0.408 e. The van der Waals surface area contributed by atoms with Gasteiger partial charge < -0.3 is 30.4 Å². The fraction of sp³-hybridized carbons (Fsp3) is 0.438. The molecule has 0 fully saturated rings. The highest BCUT2D eigenvalue weighted by molar-refractivity contribution is 5.90. The minimum atomic E-state index is -1.34. The molecule has 1 amide bonds. The first kappa shape index (κ1) is 20.1. The van der Waals surface area contributed by atoms with Crippen LogP contribution in [0.15, 0.2) is 18.2 Å². The average molecular weight is 354 g/mol. The van der Waals surface area contributed by atoms with Gasteiger partial charge >= 0.3 is 18.0 Å². The van der Waals surface area contributed by atoms with Crippen LogP contribution in [0, 0.1) is 0 Å². The maximum Gasteiger partial charge on any atom is 0.408 e. The van der Waals surface area contributed by atoms with E-state index >= 15 is 0 Å². The first-order valence-corrected chi connectivity index (χ1v) is 7.36. The van der Waals surface area contributed by atoms with E-state index in [-0.39, 0.29) is 23.6 Å². The molecule has 0 spiro atoms. The van der Waals surface area contributed by atoms with Crippen LogP contribution < -0.4 is 15.8 Å². The predicted octanol–water partition coefficient (Wildman–Crippen LogP) is 1.41. The Labute approximate surface area is 145 Å². The van der Waals surface area contributed by atoms with Gasteiger partial charge in [-0.05, 0) is 39.0 Å².